The Hall–Kier alpha value is -0.680. The zero-order valence-corrected chi connectivity index (χ0v) is 11.8. The largest absolute Gasteiger partial charge is 0.358 e. The van der Waals surface area contributed by atoms with E-state index in [1.54, 1.807) is 12.1 Å². The molecule has 0 fully saturated rings. The molecule has 0 saturated heterocycles. The predicted molar refractivity (Wildman–Crippen MR) is 72.5 cm³/mol. The summed E-state index contributed by atoms with van der Waals surface area (Å²) < 4.78 is 1.66. The monoisotopic (exact) mass is 354 g/mol. The molecule has 4 heteroatoms. The van der Waals surface area contributed by atoms with E-state index in [2.05, 4.69) is 31.9 Å². The van der Waals surface area contributed by atoms with E-state index in [-0.39, 0.29) is 0 Å². The Labute approximate surface area is 115 Å². The van der Waals surface area contributed by atoms with Gasteiger partial charge < -0.3 is 10.2 Å². The van der Waals surface area contributed by atoms with E-state index in [0.29, 0.717) is 11.1 Å². The molecule has 0 unspecified atom stereocenters. The minimum Gasteiger partial charge on any atom is -0.358 e. The summed E-state index contributed by atoms with van der Waals surface area (Å²) in [6.07, 6.45) is 0. The van der Waals surface area contributed by atoms with Gasteiger partial charge in [0.15, 0.2) is 0 Å². The minimum absolute atomic E-state index is 0.514. The zero-order valence-electron chi connectivity index (χ0n) is 8.61. The van der Waals surface area contributed by atoms with Crippen molar-refractivity contribution in [3.63, 3.8) is 0 Å². The molecule has 0 atom stereocenters. The lowest BCUT2D eigenvalue weighted by atomic mass is 10.1. The van der Waals surface area contributed by atoms with Gasteiger partial charge in [-0.15, -0.1) is 0 Å². The van der Waals surface area contributed by atoms with E-state index >= 15 is 0 Å². The van der Waals surface area contributed by atoms with Crippen LogP contribution in [0.2, 0.25) is 0 Å². The van der Waals surface area contributed by atoms with E-state index in [1.807, 2.05) is 24.3 Å². The summed E-state index contributed by atoms with van der Waals surface area (Å²) in [5, 5.41) is 20.5. The first-order valence-electron chi connectivity index (χ1n) is 5.05. The quantitative estimate of drug-likeness (QED) is 0.711. The lowest BCUT2D eigenvalue weighted by molar-refractivity contribution is -0.128. The van der Waals surface area contributed by atoms with Crippen LogP contribution in [0.25, 0.3) is 11.1 Å². The van der Waals surface area contributed by atoms with Gasteiger partial charge in [-0.2, -0.15) is 0 Å². The Kier molecular flexibility index (Phi) is 2.45. The number of rotatable bonds is 0. The van der Waals surface area contributed by atoms with Gasteiger partial charge in [-0.3, -0.25) is 0 Å². The molecule has 1 aliphatic carbocycles. The maximum absolute atomic E-state index is 10.3. The number of hydrogen-bond acceptors (Lipinski definition) is 2. The van der Waals surface area contributed by atoms with Gasteiger partial charge in [0.1, 0.15) is 0 Å². The lowest BCUT2D eigenvalue weighted by Gasteiger charge is -2.18. The highest BCUT2D eigenvalue weighted by molar-refractivity contribution is 9.10. The van der Waals surface area contributed by atoms with E-state index < -0.39 is 5.79 Å². The first kappa shape index (κ1) is 11.4. The smallest absolute Gasteiger partial charge is 0.218 e. The van der Waals surface area contributed by atoms with Crippen molar-refractivity contribution in [1.82, 2.24) is 0 Å². The van der Waals surface area contributed by atoms with E-state index in [9.17, 15) is 10.2 Å². The number of hydrogen-bond donors (Lipinski definition) is 2. The van der Waals surface area contributed by atoms with Crippen molar-refractivity contribution in [3.8, 4) is 11.1 Å². The predicted octanol–water partition coefficient (Wildman–Crippen LogP) is 3.38. The van der Waals surface area contributed by atoms with Crippen LogP contribution >= 0.6 is 31.9 Å². The highest BCUT2D eigenvalue weighted by Gasteiger charge is 2.40. The van der Waals surface area contributed by atoms with Gasteiger partial charge in [-0.25, -0.2) is 0 Å². The normalized spacial score (nSPS) is 15.5. The van der Waals surface area contributed by atoms with Crippen molar-refractivity contribution < 1.29 is 10.2 Å². The molecule has 0 amide bonds. The summed E-state index contributed by atoms with van der Waals surface area (Å²) in [6.45, 7) is 0. The Morgan fingerprint density at radius 1 is 0.765 bits per heavy atom. The van der Waals surface area contributed by atoms with Crippen LogP contribution in [-0.4, -0.2) is 10.2 Å². The van der Waals surface area contributed by atoms with Crippen LogP contribution in [0, 0.1) is 0 Å². The van der Waals surface area contributed by atoms with Crippen molar-refractivity contribution in [2.45, 2.75) is 5.79 Å². The highest BCUT2D eigenvalue weighted by Crippen LogP contribution is 2.47. The molecule has 0 radical (unpaired) electrons. The lowest BCUT2D eigenvalue weighted by Crippen LogP contribution is -2.23. The first-order valence-corrected chi connectivity index (χ1v) is 6.64. The number of benzene rings is 2. The van der Waals surface area contributed by atoms with Gasteiger partial charge in [0, 0.05) is 20.1 Å². The average Bonchev–Trinajstić information content (AvgIpc) is 2.49. The second-order valence-corrected chi connectivity index (χ2v) is 5.88. The third-order valence-corrected chi connectivity index (χ3v) is 3.99. The Morgan fingerprint density at radius 3 is 1.59 bits per heavy atom. The molecule has 2 N–H and O–H groups in total. The summed E-state index contributed by atoms with van der Waals surface area (Å²) in [5.74, 6) is -1.92. The number of fused-ring (bicyclic) bond motifs is 3. The minimum atomic E-state index is -1.92. The van der Waals surface area contributed by atoms with Crippen LogP contribution in [0.3, 0.4) is 0 Å². The fourth-order valence-electron chi connectivity index (χ4n) is 2.22. The number of aliphatic hydroxyl groups is 2. The summed E-state index contributed by atoms with van der Waals surface area (Å²) in [6, 6.07) is 11.0. The molecule has 1 aliphatic rings. The van der Waals surface area contributed by atoms with Crippen molar-refractivity contribution in [1.29, 1.82) is 0 Å². The van der Waals surface area contributed by atoms with Crippen molar-refractivity contribution in [3.05, 3.63) is 56.5 Å². The second kappa shape index (κ2) is 3.65. The molecule has 0 aromatic heterocycles. The summed E-state index contributed by atoms with van der Waals surface area (Å²) >= 11 is 6.69. The molecule has 2 aromatic carbocycles. The van der Waals surface area contributed by atoms with Gasteiger partial charge in [-0.05, 0) is 35.4 Å². The van der Waals surface area contributed by atoms with Crippen LogP contribution in [0.15, 0.2) is 45.3 Å². The fraction of sp³-hybridized carbons (Fsp3) is 0.0769. The van der Waals surface area contributed by atoms with Gasteiger partial charge in [0.25, 0.3) is 0 Å². The molecule has 3 rings (SSSR count). The van der Waals surface area contributed by atoms with Crippen LogP contribution in [0.4, 0.5) is 0 Å². The van der Waals surface area contributed by atoms with E-state index in [4.69, 9.17) is 0 Å². The molecule has 86 valence electrons. The van der Waals surface area contributed by atoms with Gasteiger partial charge in [0.05, 0.1) is 0 Å². The maximum Gasteiger partial charge on any atom is 0.218 e. The van der Waals surface area contributed by atoms with Crippen LogP contribution in [0.1, 0.15) is 11.1 Å². The van der Waals surface area contributed by atoms with Crippen LogP contribution in [-0.2, 0) is 5.79 Å². The van der Waals surface area contributed by atoms with Crippen LogP contribution in [0.5, 0.6) is 0 Å². The molecule has 0 heterocycles. The van der Waals surface area contributed by atoms with Crippen molar-refractivity contribution >= 4 is 31.9 Å². The van der Waals surface area contributed by atoms with E-state index in [1.165, 1.54) is 0 Å². The molecule has 17 heavy (non-hydrogen) atoms. The van der Waals surface area contributed by atoms with Crippen molar-refractivity contribution in [2.75, 3.05) is 0 Å². The molecule has 2 nitrogen and oxygen atoms in total. The standard InChI is InChI=1S/C13H8Br2O2/c14-7-1-3-9-10-4-2-8(15)6-12(10)13(16,17)11(9)5-7/h1-6,16-17H. The van der Waals surface area contributed by atoms with Gasteiger partial charge in [-0.1, -0.05) is 44.0 Å². The van der Waals surface area contributed by atoms with Crippen LogP contribution < -0.4 is 0 Å². The SMILES string of the molecule is OC1(O)c2cc(Br)ccc2-c2ccc(Br)cc21. The molecular formula is C13H8Br2O2. The van der Waals surface area contributed by atoms with Gasteiger partial charge >= 0.3 is 0 Å². The zero-order chi connectivity index (χ0) is 12.2. The Morgan fingerprint density at radius 2 is 1.18 bits per heavy atom. The second-order valence-electron chi connectivity index (χ2n) is 4.05. The van der Waals surface area contributed by atoms with Crippen molar-refractivity contribution in [2.24, 2.45) is 0 Å². The Balaban J connectivity index is 2.37. The molecule has 0 saturated carbocycles. The fourth-order valence-corrected chi connectivity index (χ4v) is 2.95. The summed E-state index contributed by atoms with van der Waals surface area (Å²) in [5.41, 5.74) is 2.75. The highest BCUT2D eigenvalue weighted by atomic mass is 79.9. The molecule has 0 aliphatic heterocycles. The summed E-state index contributed by atoms with van der Waals surface area (Å²) in [4.78, 5) is 0. The first-order chi connectivity index (χ1) is 8.00. The third kappa shape index (κ3) is 1.59. The third-order valence-electron chi connectivity index (χ3n) is 3.00. The number of halogens is 2. The topological polar surface area (TPSA) is 40.5 Å². The average molecular weight is 356 g/mol. The Bertz CT molecular complexity index is 567. The summed E-state index contributed by atoms with van der Waals surface area (Å²) in [7, 11) is 0. The molecule has 0 bridgehead atoms. The van der Waals surface area contributed by atoms with E-state index in [0.717, 1.165) is 20.1 Å². The molecular weight excluding hydrogens is 348 g/mol. The molecule has 2 aromatic rings. The van der Waals surface area contributed by atoms with Gasteiger partial charge in [0.2, 0.25) is 5.79 Å². The maximum atomic E-state index is 10.3. The molecule has 0 spiro atoms.